The third-order valence-corrected chi connectivity index (χ3v) is 3.55. The Kier molecular flexibility index (Phi) is 3.77. The Morgan fingerprint density at radius 2 is 2.15 bits per heavy atom. The van der Waals surface area contributed by atoms with Gasteiger partial charge >= 0.3 is 6.09 Å². The predicted octanol–water partition coefficient (Wildman–Crippen LogP) is 3.10. The van der Waals surface area contributed by atoms with Crippen molar-refractivity contribution in [3.05, 3.63) is 23.4 Å². The number of ether oxygens (including phenoxy) is 1. The van der Waals surface area contributed by atoms with E-state index in [-0.39, 0.29) is 6.09 Å². The van der Waals surface area contributed by atoms with E-state index in [4.69, 9.17) is 16.3 Å². The van der Waals surface area contributed by atoms with Crippen LogP contribution in [0.3, 0.4) is 0 Å². The molecule has 5 nitrogen and oxygen atoms in total. The second-order valence-electron chi connectivity index (χ2n) is 6.29. The zero-order chi connectivity index (χ0) is 15.1. The van der Waals surface area contributed by atoms with Gasteiger partial charge in [-0.3, -0.25) is 5.21 Å². The molecule has 0 aromatic heterocycles. The van der Waals surface area contributed by atoms with Crippen molar-refractivity contribution in [3.8, 4) is 0 Å². The molecule has 1 unspecified atom stereocenters. The van der Waals surface area contributed by atoms with E-state index in [9.17, 15) is 10.0 Å². The summed E-state index contributed by atoms with van der Waals surface area (Å²) in [6.45, 7) is 8.17. The first-order valence-electron chi connectivity index (χ1n) is 6.67. The molecule has 2 rings (SSSR count). The van der Waals surface area contributed by atoms with Gasteiger partial charge in [0.1, 0.15) is 5.60 Å². The maximum Gasteiger partial charge on any atom is 0.410 e. The average Bonchev–Trinajstić information content (AvgIpc) is 2.32. The van der Waals surface area contributed by atoms with Crippen molar-refractivity contribution in [1.82, 2.24) is 9.96 Å². The SMILES string of the molecule is CC(C)(C)OC(=O)N1CCC2=C(C=CC(C)(Cl)N2O)C1. The summed E-state index contributed by atoms with van der Waals surface area (Å²) in [6, 6.07) is 0. The van der Waals surface area contributed by atoms with Crippen molar-refractivity contribution in [1.29, 1.82) is 0 Å². The summed E-state index contributed by atoms with van der Waals surface area (Å²) in [4.78, 5) is 12.8. The van der Waals surface area contributed by atoms with Crippen LogP contribution in [0, 0.1) is 0 Å². The standard InChI is InChI=1S/C14H21ClN2O3/c1-13(2,3)20-12(18)16-8-6-11-10(9-16)5-7-14(4,15)17(11)19/h5,7,19H,6,8-9H2,1-4H3. The highest BCUT2D eigenvalue weighted by Gasteiger charge is 2.36. The van der Waals surface area contributed by atoms with Crippen LogP contribution in [0.4, 0.5) is 4.79 Å². The first-order valence-corrected chi connectivity index (χ1v) is 7.05. The largest absolute Gasteiger partial charge is 0.444 e. The summed E-state index contributed by atoms with van der Waals surface area (Å²) >= 11 is 6.18. The average molecular weight is 301 g/mol. The molecule has 1 N–H and O–H groups in total. The molecule has 1 amide bonds. The van der Waals surface area contributed by atoms with Crippen molar-refractivity contribution < 1.29 is 14.7 Å². The van der Waals surface area contributed by atoms with Crippen LogP contribution in [0.5, 0.6) is 0 Å². The van der Waals surface area contributed by atoms with E-state index in [1.54, 1.807) is 17.9 Å². The van der Waals surface area contributed by atoms with Crippen molar-refractivity contribution >= 4 is 17.7 Å². The third-order valence-electron chi connectivity index (χ3n) is 3.26. The summed E-state index contributed by atoms with van der Waals surface area (Å²) in [6.07, 6.45) is 3.80. The summed E-state index contributed by atoms with van der Waals surface area (Å²) in [5.41, 5.74) is 1.15. The van der Waals surface area contributed by atoms with Gasteiger partial charge in [0.25, 0.3) is 0 Å². The molecule has 2 aliphatic heterocycles. The zero-order valence-corrected chi connectivity index (χ0v) is 13.1. The summed E-state index contributed by atoms with van der Waals surface area (Å²) in [5, 5.41) is 11.2. The number of nitrogens with zero attached hydrogens (tertiary/aromatic N) is 2. The van der Waals surface area contributed by atoms with Gasteiger partial charge in [-0.1, -0.05) is 17.7 Å². The molecule has 6 heteroatoms. The minimum absolute atomic E-state index is 0.332. The summed E-state index contributed by atoms with van der Waals surface area (Å²) in [5.74, 6) is 0. The lowest BCUT2D eigenvalue weighted by Gasteiger charge is -2.40. The van der Waals surface area contributed by atoms with Gasteiger partial charge in [-0.15, -0.1) is 0 Å². The second-order valence-corrected chi connectivity index (χ2v) is 7.06. The fourth-order valence-electron chi connectivity index (χ4n) is 2.24. The highest BCUT2D eigenvalue weighted by Crippen LogP contribution is 2.35. The molecule has 0 fully saturated rings. The molecule has 0 aliphatic carbocycles. The maximum atomic E-state index is 12.1. The van der Waals surface area contributed by atoms with Gasteiger partial charge in [-0.25, -0.2) is 9.86 Å². The molecule has 0 bridgehead atoms. The number of rotatable bonds is 0. The third kappa shape index (κ3) is 3.10. The van der Waals surface area contributed by atoms with E-state index < -0.39 is 10.6 Å². The number of amides is 1. The number of carbonyl (C=O) groups is 1. The van der Waals surface area contributed by atoms with Gasteiger partial charge in [-0.05, 0) is 39.3 Å². The molecule has 0 spiro atoms. The molecule has 2 heterocycles. The number of hydroxylamine groups is 2. The highest BCUT2D eigenvalue weighted by molar-refractivity contribution is 6.24. The van der Waals surface area contributed by atoms with Crippen LogP contribution in [-0.4, -0.2) is 45.0 Å². The fourth-order valence-corrected chi connectivity index (χ4v) is 2.40. The Hall–Kier alpha value is -1.20. The lowest BCUT2D eigenvalue weighted by Crippen LogP contribution is -2.46. The van der Waals surface area contributed by atoms with Crippen LogP contribution in [0.2, 0.25) is 0 Å². The molecule has 0 aromatic rings. The molecule has 20 heavy (non-hydrogen) atoms. The molecule has 2 aliphatic rings. The number of hydrogen-bond acceptors (Lipinski definition) is 4. The number of hydrogen-bond donors (Lipinski definition) is 1. The summed E-state index contributed by atoms with van der Waals surface area (Å²) in [7, 11) is 0. The van der Waals surface area contributed by atoms with Gasteiger partial charge in [0.15, 0.2) is 5.00 Å². The van der Waals surface area contributed by atoms with Crippen LogP contribution >= 0.6 is 11.6 Å². The smallest absolute Gasteiger partial charge is 0.410 e. The number of carbonyl (C=O) groups excluding carboxylic acids is 1. The normalized spacial score (nSPS) is 26.7. The molecular weight excluding hydrogens is 280 g/mol. The summed E-state index contributed by atoms with van der Waals surface area (Å²) < 4.78 is 5.36. The number of halogens is 1. The van der Waals surface area contributed by atoms with Crippen LogP contribution < -0.4 is 0 Å². The molecular formula is C14H21ClN2O3. The highest BCUT2D eigenvalue weighted by atomic mass is 35.5. The van der Waals surface area contributed by atoms with E-state index in [0.717, 1.165) is 16.3 Å². The van der Waals surface area contributed by atoms with Crippen LogP contribution in [0.1, 0.15) is 34.1 Å². The van der Waals surface area contributed by atoms with E-state index in [2.05, 4.69) is 0 Å². The molecule has 112 valence electrons. The van der Waals surface area contributed by atoms with Crippen molar-refractivity contribution in [3.63, 3.8) is 0 Å². The maximum absolute atomic E-state index is 12.1. The van der Waals surface area contributed by atoms with Crippen molar-refractivity contribution in [2.75, 3.05) is 13.1 Å². The lowest BCUT2D eigenvalue weighted by molar-refractivity contribution is -0.0969. The van der Waals surface area contributed by atoms with Gasteiger partial charge in [0.05, 0.1) is 12.2 Å². The van der Waals surface area contributed by atoms with Crippen LogP contribution in [0.25, 0.3) is 0 Å². The lowest BCUT2D eigenvalue weighted by atomic mass is 10.00. The van der Waals surface area contributed by atoms with E-state index >= 15 is 0 Å². The molecule has 0 aromatic carbocycles. The van der Waals surface area contributed by atoms with Gasteiger partial charge in [-0.2, -0.15) is 0 Å². The van der Waals surface area contributed by atoms with E-state index in [1.807, 2.05) is 26.8 Å². The first kappa shape index (κ1) is 15.2. The molecule has 0 radical (unpaired) electrons. The van der Waals surface area contributed by atoms with E-state index in [0.29, 0.717) is 19.5 Å². The van der Waals surface area contributed by atoms with Crippen molar-refractivity contribution in [2.24, 2.45) is 0 Å². The van der Waals surface area contributed by atoms with Crippen LogP contribution in [0.15, 0.2) is 23.4 Å². The van der Waals surface area contributed by atoms with E-state index in [1.165, 1.54) is 0 Å². The second kappa shape index (κ2) is 4.97. The van der Waals surface area contributed by atoms with Crippen LogP contribution in [-0.2, 0) is 4.74 Å². The molecule has 0 saturated carbocycles. The van der Waals surface area contributed by atoms with Gasteiger partial charge in [0.2, 0.25) is 0 Å². The van der Waals surface area contributed by atoms with Crippen molar-refractivity contribution in [2.45, 2.75) is 44.7 Å². The Bertz CT molecular complexity index is 477. The monoisotopic (exact) mass is 300 g/mol. The minimum atomic E-state index is -0.924. The molecule has 1 atom stereocenters. The predicted molar refractivity (Wildman–Crippen MR) is 76.5 cm³/mol. The van der Waals surface area contributed by atoms with Gasteiger partial charge < -0.3 is 9.64 Å². The zero-order valence-electron chi connectivity index (χ0n) is 12.3. The minimum Gasteiger partial charge on any atom is -0.444 e. The Morgan fingerprint density at radius 1 is 1.50 bits per heavy atom. The Morgan fingerprint density at radius 3 is 2.75 bits per heavy atom. The Labute approximate surface area is 124 Å². The quantitative estimate of drug-likeness (QED) is 0.552. The molecule has 0 saturated heterocycles. The Balaban J connectivity index is 2.10. The fraction of sp³-hybridized carbons (Fsp3) is 0.643. The topological polar surface area (TPSA) is 53.0 Å². The van der Waals surface area contributed by atoms with Gasteiger partial charge in [0, 0.05) is 13.0 Å². The first-order chi connectivity index (χ1) is 9.10. The number of alkyl halides is 1.